The predicted octanol–water partition coefficient (Wildman–Crippen LogP) is 1.99. The molecule has 2 rings (SSSR count). The highest BCUT2D eigenvalue weighted by Gasteiger charge is 2.30. The number of methoxy groups -OCH3 is 1. The van der Waals surface area contributed by atoms with Gasteiger partial charge >= 0.3 is 12.0 Å². The number of carbonyl (C=O) groups is 2. The van der Waals surface area contributed by atoms with Crippen molar-refractivity contribution < 1.29 is 19.4 Å². The van der Waals surface area contributed by atoms with Crippen LogP contribution in [-0.2, 0) is 11.2 Å². The van der Waals surface area contributed by atoms with Gasteiger partial charge in [0, 0.05) is 19.6 Å². The van der Waals surface area contributed by atoms with Crippen molar-refractivity contribution in [3.8, 4) is 5.75 Å². The maximum absolute atomic E-state index is 12.1. The van der Waals surface area contributed by atoms with Gasteiger partial charge in [0.15, 0.2) is 0 Å². The first kappa shape index (κ1) is 17.1. The Labute approximate surface area is 136 Å². The van der Waals surface area contributed by atoms with E-state index in [-0.39, 0.29) is 6.03 Å². The van der Waals surface area contributed by atoms with Gasteiger partial charge in [0.25, 0.3) is 0 Å². The lowest BCUT2D eigenvalue weighted by Gasteiger charge is -2.19. The number of hydrogen-bond acceptors (Lipinski definition) is 3. The Morgan fingerprint density at radius 3 is 2.65 bits per heavy atom. The van der Waals surface area contributed by atoms with Crippen molar-refractivity contribution in [2.45, 2.75) is 19.8 Å². The maximum Gasteiger partial charge on any atom is 0.317 e. The van der Waals surface area contributed by atoms with E-state index in [1.807, 2.05) is 24.3 Å². The summed E-state index contributed by atoms with van der Waals surface area (Å²) in [5, 5.41) is 11.9. The molecule has 1 aliphatic heterocycles. The van der Waals surface area contributed by atoms with Crippen molar-refractivity contribution in [2.24, 2.45) is 11.8 Å². The first-order chi connectivity index (χ1) is 11.0. The Kier molecular flexibility index (Phi) is 5.84. The van der Waals surface area contributed by atoms with E-state index < -0.39 is 11.9 Å². The molecule has 6 nitrogen and oxygen atoms in total. The molecule has 0 spiro atoms. The monoisotopic (exact) mass is 320 g/mol. The van der Waals surface area contributed by atoms with Gasteiger partial charge in [0.05, 0.1) is 13.0 Å². The molecular formula is C17H24N2O4. The third-order valence-corrected chi connectivity index (χ3v) is 4.17. The maximum atomic E-state index is 12.1. The highest BCUT2D eigenvalue weighted by molar-refractivity contribution is 5.77. The van der Waals surface area contributed by atoms with Gasteiger partial charge in [-0.3, -0.25) is 4.79 Å². The summed E-state index contributed by atoms with van der Waals surface area (Å²) in [6.07, 6.45) is 1.40. The number of benzene rings is 1. The van der Waals surface area contributed by atoms with Crippen LogP contribution in [0.5, 0.6) is 5.75 Å². The lowest BCUT2D eigenvalue weighted by molar-refractivity contribution is -0.141. The Morgan fingerprint density at radius 1 is 1.39 bits per heavy atom. The van der Waals surface area contributed by atoms with E-state index in [0.29, 0.717) is 32.0 Å². The molecule has 2 N–H and O–H groups in total. The van der Waals surface area contributed by atoms with E-state index in [1.54, 1.807) is 12.0 Å². The van der Waals surface area contributed by atoms with Crippen molar-refractivity contribution in [3.05, 3.63) is 29.8 Å². The first-order valence-electron chi connectivity index (χ1n) is 7.88. The van der Waals surface area contributed by atoms with Crippen LogP contribution in [0.4, 0.5) is 4.79 Å². The zero-order valence-corrected chi connectivity index (χ0v) is 13.6. The van der Waals surface area contributed by atoms with E-state index in [2.05, 4.69) is 12.2 Å². The standard InChI is InChI=1S/C17H24N2O4/c1-12(9-13-3-5-15(23-2)6-4-13)10-18-17(22)19-8-7-14(11-19)16(20)21/h3-6,12,14H,7-11H2,1-2H3,(H,18,22)(H,20,21). The molecule has 1 aliphatic rings. The Balaban J connectivity index is 1.74. The van der Waals surface area contributed by atoms with Crippen molar-refractivity contribution >= 4 is 12.0 Å². The number of ether oxygens (including phenoxy) is 1. The first-order valence-corrected chi connectivity index (χ1v) is 7.88. The summed E-state index contributed by atoms with van der Waals surface area (Å²) in [4.78, 5) is 24.6. The zero-order valence-electron chi connectivity index (χ0n) is 13.6. The molecule has 23 heavy (non-hydrogen) atoms. The number of hydrogen-bond donors (Lipinski definition) is 2. The molecule has 0 aromatic heterocycles. The average Bonchev–Trinajstić information content (AvgIpc) is 3.03. The van der Waals surface area contributed by atoms with Gasteiger partial charge in [-0.15, -0.1) is 0 Å². The summed E-state index contributed by atoms with van der Waals surface area (Å²) in [7, 11) is 1.64. The molecule has 1 aromatic rings. The molecule has 2 atom stereocenters. The Hall–Kier alpha value is -2.24. The molecule has 6 heteroatoms. The second kappa shape index (κ2) is 7.85. The molecule has 2 unspecified atom stereocenters. The average molecular weight is 320 g/mol. The van der Waals surface area contributed by atoms with Crippen LogP contribution in [0, 0.1) is 11.8 Å². The highest BCUT2D eigenvalue weighted by atomic mass is 16.5. The molecule has 1 heterocycles. The van der Waals surface area contributed by atoms with E-state index in [4.69, 9.17) is 9.84 Å². The van der Waals surface area contributed by atoms with E-state index >= 15 is 0 Å². The molecule has 0 bridgehead atoms. The quantitative estimate of drug-likeness (QED) is 0.840. The number of aliphatic carboxylic acids is 1. The number of carboxylic acid groups (broad SMARTS) is 1. The molecule has 1 fully saturated rings. The highest BCUT2D eigenvalue weighted by Crippen LogP contribution is 2.17. The molecule has 0 saturated carbocycles. The van der Waals surface area contributed by atoms with Gasteiger partial charge < -0.3 is 20.1 Å². The van der Waals surface area contributed by atoms with Crippen LogP contribution in [0.1, 0.15) is 18.9 Å². The van der Waals surface area contributed by atoms with Crippen molar-refractivity contribution in [3.63, 3.8) is 0 Å². The summed E-state index contributed by atoms with van der Waals surface area (Å²) in [6, 6.07) is 7.73. The number of carbonyl (C=O) groups excluding carboxylic acids is 1. The minimum Gasteiger partial charge on any atom is -0.497 e. The molecule has 0 aliphatic carbocycles. The fourth-order valence-corrected chi connectivity index (χ4v) is 2.76. The van der Waals surface area contributed by atoms with Crippen LogP contribution in [-0.4, -0.2) is 48.8 Å². The molecular weight excluding hydrogens is 296 g/mol. The van der Waals surface area contributed by atoms with Gasteiger partial charge in [-0.05, 0) is 36.5 Å². The number of nitrogens with one attached hydrogen (secondary N) is 1. The van der Waals surface area contributed by atoms with Gasteiger partial charge in [-0.25, -0.2) is 4.79 Å². The minimum atomic E-state index is -0.826. The van der Waals surface area contributed by atoms with Crippen LogP contribution in [0.15, 0.2) is 24.3 Å². The fourth-order valence-electron chi connectivity index (χ4n) is 2.76. The Morgan fingerprint density at radius 2 is 2.09 bits per heavy atom. The largest absolute Gasteiger partial charge is 0.497 e. The second-order valence-corrected chi connectivity index (χ2v) is 6.11. The Bertz CT molecular complexity index is 544. The van der Waals surface area contributed by atoms with Crippen LogP contribution in [0.25, 0.3) is 0 Å². The van der Waals surface area contributed by atoms with Gasteiger partial charge in [0.2, 0.25) is 0 Å². The zero-order chi connectivity index (χ0) is 16.8. The van der Waals surface area contributed by atoms with Crippen molar-refractivity contribution in [1.29, 1.82) is 0 Å². The fraction of sp³-hybridized carbons (Fsp3) is 0.529. The van der Waals surface area contributed by atoms with Gasteiger partial charge in [-0.1, -0.05) is 19.1 Å². The van der Waals surface area contributed by atoms with Crippen LogP contribution in [0.2, 0.25) is 0 Å². The number of amides is 2. The normalized spacial score (nSPS) is 18.5. The number of likely N-dealkylation sites (tertiary alicyclic amines) is 1. The number of nitrogens with zero attached hydrogens (tertiary/aromatic N) is 1. The number of carboxylic acids is 1. The lowest BCUT2D eigenvalue weighted by Crippen LogP contribution is -2.40. The van der Waals surface area contributed by atoms with E-state index in [0.717, 1.165) is 12.2 Å². The third-order valence-electron chi connectivity index (χ3n) is 4.17. The van der Waals surface area contributed by atoms with Crippen molar-refractivity contribution in [1.82, 2.24) is 10.2 Å². The predicted molar refractivity (Wildman–Crippen MR) is 86.6 cm³/mol. The minimum absolute atomic E-state index is 0.171. The van der Waals surface area contributed by atoms with Crippen LogP contribution in [0.3, 0.4) is 0 Å². The summed E-state index contributed by atoms with van der Waals surface area (Å²) in [6.45, 7) is 3.46. The molecule has 126 valence electrons. The molecule has 1 aromatic carbocycles. The number of rotatable bonds is 6. The second-order valence-electron chi connectivity index (χ2n) is 6.11. The summed E-state index contributed by atoms with van der Waals surface area (Å²) >= 11 is 0. The van der Waals surface area contributed by atoms with Crippen molar-refractivity contribution in [2.75, 3.05) is 26.7 Å². The summed E-state index contributed by atoms with van der Waals surface area (Å²) in [5.41, 5.74) is 1.19. The number of urea groups is 1. The van der Waals surface area contributed by atoms with Gasteiger partial charge in [-0.2, -0.15) is 0 Å². The topological polar surface area (TPSA) is 78.9 Å². The molecule has 1 saturated heterocycles. The summed E-state index contributed by atoms with van der Waals surface area (Å²) < 4.78 is 5.13. The smallest absolute Gasteiger partial charge is 0.317 e. The lowest BCUT2D eigenvalue weighted by atomic mass is 10.0. The molecule has 2 amide bonds. The third kappa shape index (κ3) is 4.87. The summed E-state index contributed by atoms with van der Waals surface area (Å²) in [5.74, 6) is -0.132. The SMILES string of the molecule is COc1ccc(CC(C)CNC(=O)N2CCC(C(=O)O)C2)cc1. The van der Waals surface area contributed by atoms with E-state index in [1.165, 1.54) is 5.56 Å². The van der Waals surface area contributed by atoms with Crippen LogP contribution >= 0.6 is 0 Å². The van der Waals surface area contributed by atoms with Gasteiger partial charge in [0.1, 0.15) is 5.75 Å². The molecule has 0 radical (unpaired) electrons. The van der Waals surface area contributed by atoms with Crippen LogP contribution < -0.4 is 10.1 Å². The van der Waals surface area contributed by atoms with E-state index in [9.17, 15) is 9.59 Å².